The summed E-state index contributed by atoms with van der Waals surface area (Å²) >= 11 is 0. The molecule has 0 radical (unpaired) electrons. The Hall–Kier alpha value is -3.61. The van der Waals surface area contributed by atoms with Crippen LogP contribution in [0.25, 0.3) is 0 Å². The molecule has 6 atom stereocenters. The van der Waals surface area contributed by atoms with Gasteiger partial charge in [-0.05, 0) is 60.4 Å². The minimum absolute atomic E-state index is 0.135. The van der Waals surface area contributed by atoms with Gasteiger partial charge in [0.25, 0.3) is 5.91 Å². The molecule has 4 aliphatic carbocycles. The summed E-state index contributed by atoms with van der Waals surface area (Å²) in [5.41, 5.74) is 1.29. The monoisotopic (exact) mass is 444 g/mol. The van der Waals surface area contributed by atoms with Crippen molar-refractivity contribution in [3.63, 3.8) is 0 Å². The zero-order valence-electron chi connectivity index (χ0n) is 18.4. The zero-order chi connectivity index (χ0) is 22.9. The number of rotatable bonds is 5. The van der Waals surface area contributed by atoms with Gasteiger partial charge in [-0.15, -0.1) is 0 Å². The highest BCUT2D eigenvalue weighted by molar-refractivity contribution is 6.23. The maximum atomic E-state index is 13.4. The molecule has 0 unspecified atom stereocenters. The lowest BCUT2D eigenvalue weighted by Crippen LogP contribution is -2.40. The molecular weight excluding hydrogens is 420 g/mol. The van der Waals surface area contributed by atoms with Crippen molar-refractivity contribution in [3.8, 4) is 11.5 Å². The van der Waals surface area contributed by atoms with Crippen LogP contribution in [0.1, 0.15) is 16.8 Å². The fraction of sp³-hybridized carbons (Fsp3) is 0.346. The Morgan fingerprint density at radius 3 is 2.27 bits per heavy atom. The van der Waals surface area contributed by atoms with Crippen LogP contribution in [-0.4, -0.2) is 31.9 Å². The number of imide groups is 1. The predicted octanol–water partition coefficient (Wildman–Crippen LogP) is 3.51. The van der Waals surface area contributed by atoms with E-state index in [9.17, 15) is 14.4 Å². The summed E-state index contributed by atoms with van der Waals surface area (Å²) in [6.45, 7) is 0. The van der Waals surface area contributed by atoms with E-state index < -0.39 is 0 Å². The molecule has 3 fully saturated rings. The molecule has 7 rings (SSSR count). The van der Waals surface area contributed by atoms with Crippen LogP contribution in [0.5, 0.6) is 11.5 Å². The normalized spacial score (nSPS) is 30.7. The Morgan fingerprint density at radius 2 is 1.64 bits per heavy atom. The molecular formula is C26H24N2O5. The van der Waals surface area contributed by atoms with Gasteiger partial charge in [0.15, 0.2) is 0 Å². The lowest BCUT2D eigenvalue weighted by atomic mass is 9.63. The molecule has 7 nitrogen and oxygen atoms in total. The molecule has 3 amide bonds. The van der Waals surface area contributed by atoms with Crippen molar-refractivity contribution in [2.24, 2.45) is 35.5 Å². The van der Waals surface area contributed by atoms with E-state index in [1.54, 1.807) is 49.6 Å². The van der Waals surface area contributed by atoms with E-state index >= 15 is 0 Å². The quantitative estimate of drug-likeness (QED) is 0.564. The number of ether oxygens (including phenoxy) is 2. The van der Waals surface area contributed by atoms with Crippen molar-refractivity contribution >= 4 is 29.1 Å². The summed E-state index contributed by atoms with van der Waals surface area (Å²) in [5.74, 6) is 1.35. The van der Waals surface area contributed by atoms with Crippen LogP contribution in [0, 0.1) is 35.5 Å². The Labute approximate surface area is 191 Å². The number of anilines is 2. The lowest BCUT2D eigenvalue weighted by molar-refractivity contribution is -0.124. The largest absolute Gasteiger partial charge is 0.497 e. The SMILES string of the molecule is COc1ccc(NC(=O)c2cccc(N3C(=O)[C@@H]4[C@@H]5C=C[C@H]([C@H]6C[C@H]56)[C@@H]4C3=O)c2)c(OC)c1. The summed E-state index contributed by atoms with van der Waals surface area (Å²) in [6, 6.07) is 11.8. The summed E-state index contributed by atoms with van der Waals surface area (Å²) in [6.07, 6.45) is 5.43. The Kier molecular flexibility index (Phi) is 4.37. The lowest BCUT2D eigenvalue weighted by Gasteiger charge is -2.37. The van der Waals surface area contributed by atoms with Crippen molar-refractivity contribution in [1.82, 2.24) is 0 Å². The number of nitrogens with zero attached hydrogens (tertiary/aromatic N) is 1. The number of nitrogens with one attached hydrogen (secondary N) is 1. The van der Waals surface area contributed by atoms with Gasteiger partial charge in [0, 0.05) is 11.6 Å². The second kappa shape index (κ2) is 7.20. The highest BCUT2D eigenvalue weighted by Crippen LogP contribution is 2.65. The minimum Gasteiger partial charge on any atom is -0.497 e. The molecule has 0 aromatic heterocycles. The molecule has 5 aliphatic rings. The number of hydrogen-bond donors (Lipinski definition) is 1. The number of allylic oxidation sites excluding steroid dienone is 2. The van der Waals surface area contributed by atoms with E-state index in [0.717, 1.165) is 6.42 Å². The van der Waals surface area contributed by atoms with Crippen molar-refractivity contribution in [1.29, 1.82) is 0 Å². The fourth-order valence-electron chi connectivity index (χ4n) is 6.09. The number of hydrogen-bond acceptors (Lipinski definition) is 5. The van der Waals surface area contributed by atoms with Gasteiger partial charge in [-0.2, -0.15) is 0 Å². The molecule has 0 spiro atoms. The average Bonchev–Trinajstić information content (AvgIpc) is 3.62. The van der Waals surface area contributed by atoms with Crippen molar-refractivity contribution in [2.75, 3.05) is 24.4 Å². The van der Waals surface area contributed by atoms with E-state index in [1.807, 2.05) is 0 Å². The van der Waals surface area contributed by atoms with Crippen molar-refractivity contribution < 1.29 is 23.9 Å². The number of carbonyl (C=O) groups is 3. The second-order valence-corrected chi connectivity index (χ2v) is 9.24. The van der Waals surface area contributed by atoms with Gasteiger partial charge in [-0.25, -0.2) is 4.90 Å². The number of methoxy groups -OCH3 is 2. The van der Waals surface area contributed by atoms with E-state index in [2.05, 4.69) is 17.5 Å². The molecule has 2 aromatic carbocycles. The first-order chi connectivity index (χ1) is 16.0. The van der Waals surface area contributed by atoms with Crippen molar-refractivity contribution in [3.05, 3.63) is 60.2 Å². The van der Waals surface area contributed by atoms with E-state index in [1.165, 1.54) is 12.0 Å². The van der Waals surface area contributed by atoms with Gasteiger partial charge in [-0.3, -0.25) is 14.4 Å². The third kappa shape index (κ3) is 2.91. The Bertz CT molecular complexity index is 1180. The molecule has 2 aromatic rings. The van der Waals surface area contributed by atoms with Gasteiger partial charge < -0.3 is 14.8 Å². The van der Waals surface area contributed by atoms with Gasteiger partial charge in [0.2, 0.25) is 11.8 Å². The number of benzene rings is 2. The highest BCUT2D eigenvalue weighted by Gasteiger charge is 2.67. The molecule has 7 heteroatoms. The second-order valence-electron chi connectivity index (χ2n) is 9.24. The molecule has 1 heterocycles. The van der Waals surface area contributed by atoms with Crippen LogP contribution in [0.3, 0.4) is 0 Å². The number of carbonyl (C=O) groups excluding carboxylic acids is 3. The first kappa shape index (κ1) is 20.0. The summed E-state index contributed by atoms with van der Waals surface area (Å²) in [7, 11) is 3.07. The van der Waals surface area contributed by atoms with E-state index in [4.69, 9.17) is 9.47 Å². The summed E-state index contributed by atoms with van der Waals surface area (Å²) < 4.78 is 10.5. The van der Waals surface area contributed by atoms with Crippen LogP contribution in [-0.2, 0) is 9.59 Å². The van der Waals surface area contributed by atoms with Crippen LogP contribution < -0.4 is 19.7 Å². The zero-order valence-corrected chi connectivity index (χ0v) is 18.4. The summed E-state index contributed by atoms with van der Waals surface area (Å²) in [5, 5.41) is 2.84. The molecule has 1 saturated heterocycles. The minimum atomic E-state index is -0.361. The maximum absolute atomic E-state index is 13.4. The van der Waals surface area contributed by atoms with E-state index in [0.29, 0.717) is 40.3 Å². The van der Waals surface area contributed by atoms with Gasteiger partial charge >= 0.3 is 0 Å². The van der Waals surface area contributed by atoms with Crippen molar-refractivity contribution in [2.45, 2.75) is 6.42 Å². The van der Waals surface area contributed by atoms with Crippen LogP contribution in [0.2, 0.25) is 0 Å². The average molecular weight is 444 g/mol. The predicted molar refractivity (Wildman–Crippen MR) is 121 cm³/mol. The summed E-state index contributed by atoms with van der Waals surface area (Å²) in [4.78, 5) is 41.0. The van der Waals surface area contributed by atoms with Gasteiger partial charge in [0.05, 0.1) is 37.4 Å². The Balaban J connectivity index is 1.26. The van der Waals surface area contributed by atoms with Crippen LogP contribution in [0.15, 0.2) is 54.6 Å². The van der Waals surface area contributed by atoms with Crippen LogP contribution >= 0.6 is 0 Å². The maximum Gasteiger partial charge on any atom is 0.255 e. The molecule has 2 saturated carbocycles. The Morgan fingerprint density at radius 1 is 0.939 bits per heavy atom. The smallest absolute Gasteiger partial charge is 0.255 e. The van der Waals surface area contributed by atoms with Crippen LogP contribution in [0.4, 0.5) is 11.4 Å². The third-order valence-corrected chi connectivity index (χ3v) is 7.69. The molecule has 168 valence electrons. The first-order valence-corrected chi connectivity index (χ1v) is 11.2. The fourth-order valence-corrected chi connectivity index (χ4v) is 6.09. The molecule has 1 aliphatic heterocycles. The standard InChI is InChI=1S/C26H24N2O5/c1-32-15-6-9-20(21(11-15)33-2)27-24(29)13-4-3-5-14(10-13)28-25(30)22-16-7-8-17(19-12-18(16)19)23(22)26(28)31/h3-11,16-19,22-23H,12H2,1-2H3,(H,27,29)/t16-,17-,18-,19-,22-,23+/m1/s1. The van der Waals surface area contributed by atoms with Gasteiger partial charge in [0.1, 0.15) is 11.5 Å². The van der Waals surface area contributed by atoms with E-state index in [-0.39, 0.29) is 41.4 Å². The highest BCUT2D eigenvalue weighted by atomic mass is 16.5. The number of amides is 3. The van der Waals surface area contributed by atoms with Gasteiger partial charge in [-0.1, -0.05) is 18.2 Å². The third-order valence-electron chi connectivity index (χ3n) is 7.69. The molecule has 1 N–H and O–H groups in total. The molecule has 2 bridgehead atoms. The topological polar surface area (TPSA) is 84.9 Å². The molecule has 33 heavy (non-hydrogen) atoms. The first-order valence-electron chi connectivity index (χ1n) is 11.2.